The van der Waals surface area contributed by atoms with E-state index in [4.69, 9.17) is 23.2 Å². The van der Waals surface area contributed by atoms with Crippen molar-refractivity contribution in [2.45, 2.75) is 13.3 Å². The first-order chi connectivity index (χ1) is 12.6. The molecule has 3 aromatic rings. The molecule has 0 aliphatic carbocycles. The molecule has 0 bridgehead atoms. The van der Waals surface area contributed by atoms with Gasteiger partial charge in [0.05, 0.1) is 10.0 Å². The van der Waals surface area contributed by atoms with Crippen molar-refractivity contribution in [1.82, 2.24) is 4.57 Å². The van der Waals surface area contributed by atoms with Crippen LogP contribution in [0.25, 0.3) is 16.8 Å². The number of benzene rings is 2. The highest BCUT2D eigenvalue weighted by molar-refractivity contribution is 6.42. The molecule has 0 N–H and O–H groups in total. The Morgan fingerprint density at radius 2 is 1.63 bits per heavy atom. The van der Waals surface area contributed by atoms with Crippen LogP contribution in [-0.2, 0) is 0 Å². The zero-order chi connectivity index (χ0) is 19.8. The van der Waals surface area contributed by atoms with E-state index < -0.39 is 6.36 Å². The molecule has 0 saturated heterocycles. The summed E-state index contributed by atoms with van der Waals surface area (Å²) in [4.78, 5) is 12.4. The molecule has 3 nitrogen and oxygen atoms in total. The molecule has 0 spiro atoms. The van der Waals surface area contributed by atoms with Crippen molar-refractivity contribution in [3.05, 3.63) is 80.7 Å². The van der Waals surface area contributed by atoms with E-state index in [1.807, 2.05) is 0 Å². The minimum atomic E-state index is -4.77. The molecule has 2 aromatic carbocycles. The van der Waals surface area contributed by atoms with Crippen molar-refractivity contribution < 1.29 is 17.9 Å². The Hall–Kier alpha value is -2.44. The second-order valence-corrected chi connectivity index (χ2v) is 6.56. The average Bonchev–Trinajstić information content (AvgIpc) is 2.57. The van der Waals surface area contributed by atoms with Crippen LogP contribution in [0.3, 0.4) is 0 Å². The predicted molar refractivity (Wildman–Crippen MR) is 98.9 cm³/mol. The highest BCUT2D eigenvalue weighted by atomic mass is 35.5. The molecule has 1 aromatic heterocycles. The van der Waals surface area contributed by atoms with Crippen molar-refractivity contribution >= 4 is 23.2 Å². The Kier molecular flexibility index (Phi) is 5.22. The van der Waals surface area contributed by atoms with Gasteiger partial charge in [-0.15, -0.1) is 13.2 Å². The van der Waals surface area contributed by atoms with E-state index in [0.717, 1.165) is 28.8 Å². The standard InChI is InChI=1S/C19H12Cl2F3NO2/c1-11-8-18(26)25(10-15(11)12-2-7-16(20)17(21)9-12)13-3-5-14(6-4-13)27-19(22,23)24/h2-10H,1H3. The van der Waals surface area contributed by atoms with Crippen molar-refractivity contribution in [2.75, 3.05) is 0 Å². The lowest BCUT2D eigenvalue weighted by atomic mass is 10.0. The van der Waals surface area contributed by atoms with Crippen LogP contribution in [-0.4, -0.2) is 10.9 Å². The molecular formula is C19H12Cl2F3NO2. The maximum atomic E-state index is 12.4. The highest BCUT2D eigenvalue weighted by Gasteiger charge is 2.31. The molecule has 0 saturated carbocycles. The quantitative estimate of drug-likeness (QED) is 0.525. The zero-order valence-corrected chi connectivity index (χ0v) is 15.4. The van der Waals surface area contributed by atoms with Gasteiger partial charge in [-0.3, -0.25) is 9.36 Å². The van der Waals surface area contributed by atoms with Gasteiger partial charge >= 0.3 is 6.36 Å². The number of hydrogen-bond acceptors (Lipinski definition) is 2. The maximum Gasteiger partial charge on any atom is 0.573 e. The summed E-state index contributed by atoms with van der Waals surface area (Å²) in [5, 5.41) is 0.784. The summed E-state index contributed by atoms with van der Waals surface area (Å²) in [5.74, 6) is -0.365. The van der Waals surface area contributed by atoms with Crippen LogP contribution in [0.4, 0.5) is 13.2 Å². The lowest BCUT2D eigenvalue weighted by Gasteiger charge is -2.13. The fourth-order valence-corrected chi connectivity index (χ4v) is 2.90. The minimum absolute atomic E-state index is 0.319. The van der Waals surface area contributed by atoms with E-state index in [2.05, 4.69) is 4.74 Å². The Morgan fingerprint density at radius 1 is 0.963 bits per heavy atom. The fourth-order valence-electron chi connectivity index (χ4n) is 2.60. The van der Waals surface area contributed by atoms with Gasteiger partial charge in [0.2, 0.25) is 0 Å². The van der Waals surface area contributed by atoms with E-state index >= 15 is 0 Å². The maximum absolute atomic E-state index is 12.4. The molecule has 140 valence electrons. The molecule has 0 radical (unpaired) electrons. The summed E-state index contributed by atoms with van der Waals surface area (Å²) in [7, 11) is 0. The third-order valence-corrected chi connectivity index (χ3v) is 4.58. The smallest absolute Gasteiger partial charge is 0.406 e. The van der Waals surface area contributed by atoms with Crippen molar-refractivity contribution in [3.63, 3.8) is 0 Å². The first-order valence-electron chi connectivity index (χ1n) is 7.69. The van der Waals surface area contributed by atoms with Crippen LogP contribution in [0.15, 0.2) is 59.5 Å². The van der Waals surface area contributed by atoms with Crippen molar-refractivity contribution in [1.29, 1.82) is 0 Å². The summed E-state index contributed by atoms with van der Waals surface area (Å²) in [5.41, 5.74) is 2.31. The molecule has 1 heterocycles. The second-order valence-electron chi connectivity index (χ2n) is 5.75. The largest absolute Gasteiger partial charge is 0.573 e. The molecule has 0 aliphatic heterocycles. The van der Waals surface area contributed by atoms with Crippen molar-refractivity contribution in [2.24, 2.45) is 0 Å². The molecule has 0 fully saturated rings. The van der Waals surface area contributed by atoms with Crippen molar-refractivity contribution in [3.8, 4) is 22.6 Å². The number of hydrogen-bond donors (Lipinski definition) is 0. The number of alkyl halides is 3. The van der Waals surface area contributed by atoms with E-state index in [9.17, 15) is 18.0 Å². The first kappa shape index (κ1) is 19.3. The number of nitrogens with zero attached hydrogens (tertiary/aromatic N) is 1. The molecule has 0 amide bonds. The Labute approximate surface area is 162 Å². The normalized spacial score (nSPS) is 11.5. The van der Waals surface area contributed by atoms with Gasteiger partial charge in [-0.25, -0.2) is 0 Å². The van der Waals surface area contributed by atoms with Gasteiger partial charge in [0.25, 0.3) is 5.56 Å². The first-order valence-corrected chi connectivity index (χ1v) is 8.44. The molecule has 27 heavy (non-hydrogen) atoms. The average molecular weight is 414 g/mol. The number of pyridine rings is 1. The lowest BCUT2D eigenvalue weighted by molar-refractivity contribution is -0.274. The Balaban J connectivity index is 2.04. The fraction of sp³-hybridized carbons (Fsp3) is 0.105. The van der Waals surface area contributed by atoms with Crippen LogP contribution >= 0.6 is 23.2 Å². The van der Waals surface area contributed by atoms with Gasteiger partial charge in [0.15, 0.2) is 0 Å². The monoisotopic (exact) mass is 413 g/mol. The molecule has 8 heteroatoms. The van der Waals surface area contributed by atoms with E-state index in [1.165, 1.54) is 22.8 Å². The highest BCUT2D eigenvalue weighted by Crippen LogP contribution is 2.30. The summed E-state index contributed by atoms with van der Waals surface area (Å²) < 4.78 is 42.0. The summed E-state index contributed by atoms with van der Waals surface area (Å²) >= 11 is 12.0. The van der Waals surface area contributed by atoms with Crippen LogP contribution in [0.5, 0.6) is 5.75 Å². The number of halogens is 5. The predicted octanol–water partition coefficient (Wildman–Crippen LogP) is 6.02. The Bertz CT molecular complexity index is 1040. The number of ether oxygens (including phenoxy) is 1. The van der Waals surface area contributed by atoms with Crippen LogP contribution in [0.2, 0.25) is 10.0 Å². The van der Waals surface area contributed by atoms with Crippen LogP contribution < -0.4 is 10.3 Å². The van der Waals surface area contributed by atoms with Crippen LogP contribution in [0.1, 0.15) is 5.56 Å². The van der Waals surface area contributed by atoms with E-state index in [1.54, 1.807) is 31.3 Å². The summed E-state index contributed by atoms with van der Waals surface area (Å²) in [6, 6.07) is 11.6. The third kappa shape index (κ3) is 4.46. The molecule has 0 unspecified atom stereocenters. The van der Waals surface area contributed by atoms with E-state index in [0.29, 0.717) is 15.7 Å². The molecule has 0 aliphatic rings. The summed E-state index contributed by atoms with van der Waals surface area (Å²) in [6.07, 6.45) is -3.17. The van der Waals surface area contributed by atoms with Gasteiger partial charge in [0.1, 0.15) is 5.75 Å². The van der Waals surface area contributed by atoms with E-state index in [-0.39, 0.29) is 11.3 Å². The second kappa shape index (κ2) is 7.29. The zero-order valence-electron chi connectivity index (χ0n) is 13.8. The number of rotatable bonds is 3. The number of aromatic nitrogens is 1. The number of aryl methyl sites for hydroxylation is 1. The minimum Gasteiger partial charge on any atom is -0.406 e. The SMILES string of the molecule is Cc1cc(=O)n(-c2ccc(OC(F)(F)F)cc2)cc1-c1ccc(Cl)c(Cl)c1. The molecule has 0 atom stereocenters. The van der Waals surface area contributed by atoms with Gasteiger partial charge < -0.3 is 4.74 Å². The molecule has 3 rings (SSSR count). The third-order valence-electron chi connectivity index (χ3n) is 3.84. The Morgan fingerprint density at radius 3 is 2.22 bits per heavy atom. The summed E-state index contributed by atoms with van der Waals surface area (Å²) in [6.45, 7) is 1.78. The van der Waals surface area contributed by atoms with Crippen LogP contribution in [0, 0.1) is 6.92 Å². The van der Waals surface area contributed by atoms with Gasteiger partial charge in [-0.1, -0.05) is 29.3 Å². The molecular weight excluding hydrogens is 402 g/mol. The lowest BCUT2D eigenvalue weighted by Crippen LogP contribution is -2.19. The topological polar surface area (TPSA) is 31.2 Å². The van der Waals surface area contributed by atoms with Gasteiger partial charge in [-0.2, -0.15) is 0 Å². The van der Waals surface area contributed by atoms with Gasteiger partial charge in [-0.05, 0) is 54.4 Å². The van der Waals surface area contributed by atoms with Gasteiger partial charge in [0, 0.05) is 23.5 Å².